The van der Waals surface area contributed by atoms with Gasteiger partial charge in [-0.15, -0.1) is 0 Å². The number of amides is 1. The van der Waals surface area contributed by atoms with E-state index in [1.54, 1.807) is 0 Å². The van der Waals surface area contributed by atoms with Gasteiger partial charge in [-0.25, -0.2) is 0 Å². The zero-order valence-electron chi connectivity index (χ0n) is 13.2. The minimum absolute atomic E-state index is 0.0946. The lowest BCUT2D eigenvalue weighted by Crippen LogP contribution is -2.15. The highest BCUT2D eigenvalue weighted by atomic mass is 32.2. The summed E-state index contributed by atoms with van der Waals surface area (Å²) in [4.78, 5) is 22.3. The van der Waals surface area contributed by atoms with Gasteiger partial charge in [0.2, 0.25) is 5.91 Å². The number of hydrogen-bond acceptors (Lipinski definition) is 5. The number of aryl methyl sites for hydroxylation is 1. The van der Waals surface area contributed by atoms with Crippen molar-refractivity contribution in [3.05, 3.63) is 64.2 Å². The molecule has 0 spiro atoms. The summed E-state index contributed by atoms with van der Waals surface area (Å²) in [6.07, 6.45) is 0.888. The molecule has 0 bridgehead atoms. The van der Waals surface area contributed by atoms with E-state index in [1.165, 1.54) is 42.6 Å². The lowest BCUT2D eigenvalue weighted by Gasteiger charge is -2.10. The minimum Gasteiger partial charge on any atom is -0.495 e. The van der Waals surface area contributed by atoms with Gasteiger partial charge in [0.25, 0.3) is 5.69 Å². The van der Waals surface area contributed by atoms with Crippen LogP contribution in [-0.2, 0) is 11.2 Å². The molecule has 1 N–H and O–H groups in total. The first-order chi connectivity index (χ1) is 11.6. The molecule has 2 aromatic carbocycles. The van der Waals surface area contributed by atoms with E-state index < -0.39 is 4.92 Å². The van der Waals surface area contributed by atoms with Crippen LogP contribution < -0.4 is 10.1 Å². The number of carbonyl (C=O) groups is 1. The van der Waals surface area contributed by atoms with Crippen LogP contribution in [0.4, 0.5) is 11.4 Å². The van der Waals surface area contributed by atoms with Crippen LogP contribution >= 0.6 is 11.8 Å². The average molecular weight is 346 g/mol. The molecule has 24 heavy (non-hydrogen) atoms. The number of anilines is 1. The predicted octanol–water partition coefficient (Wildman–Crippen LogP) is 3.52. The average Bonchev–Trinajstić information content (AvgIpc) is 2.59. The van der Waals surface area contributed by atoms with E-state index in [0.29, 0.717) is 11.4 Å². The van der Waals surface area contributed by atoms with Crippen LogP contribution in [0.2, 0.25) is 0 Å². The van der Waals surface area contributed by atoms with Gasteiger partial charge in [-0.2, -0.15) is 11.8 Å². The Morgan fingerprint density at radius 1 is 1.25 bits per heavy atom. The van der Waals surface area contributed by atoms with Gasteiger partial charge in [0, 0.05) is 12.1 Å². The van der Waals surface area contributed by atoms with Gasteiger partial charge in [-0.3, -0.25) is 14.9 Å². The van der Waals surface area contributed by atoms with E-state index >= 15 is 0 Å². The van der Waals surface area contributed by atoms with Gasteiger partial charge < -0.3 is 10.1 Å². The lowest BCUT2D eigenvalue weighted by molar-refractivity contribution is -0.384. The Bertz CT molecular complexity index is 707. The number of nitrogens with zero attached hydrogens (tertiary/aromatic N) is 1. The van der Waals surface area contributed by atoms with Gasteiger partial charge in [0.05, 0.1) is 23.5 Å². The summed E-state index contributed by atoms with van der Waals surface area (Å²) in [6.45, 7) is 0. The van der Waals surface area contributed by atoms with Crippen LogP contribution in [-0.4, -0.2) is 29.4 Å². The second-order valence-electron chi connectivity index (χ2n) is 4.98. The predicted molar refractivity (Wildman–Crippen MR) is 95.7 cm³/mol. The number of benzene rings is 2. The molecule has 2 aromatic rings. The number of hydrogen-bond donors (Lipinski definition) is 1. The Morgan fingerprint density at radius 2 is 2.00 bits per heavy atom. The number of methoxy groups -OCH3 is 1. The van der Waals surface area contributed by atoms with Crippen molar-refractivity contribution in [2.45, 2.75) is 6.42 Å². The number of rotatable bonds is 8. The Balaban J connectivity index is 1.85. The van der Waals surface area contributed by atoms with Gasteiger partial charge in [-0.05, 0) is 23.8 Å². The van der Waals surface area contributed by atoms with Crippen molar-refractivity contribution in [3.63, 3.8) is 0 Å². The summed E-state index contributed by atoms with van der Waals surface area (Å²) in [6, 6.07) is 14.1. The molecular weight excluding hydrogens is 328 g/mol. The maximum atomic E-state index is 12.0. The molecule has 0 saturated carbocycles. The summed E-state index contributed by atoms with van der Waals surface area (Å²) in [7, 11) is 1.45. The number of non-ortho nitro benzene ring substituents is 1. The van der Waals surface area contributed by atoms with Crippen molar-refractivity contribution in [2.24, 2.45) is 0 Å². The normalized spacial score (nSPS) is 10.2. The van der Waals surface area contributed by atoms with Gasteiger partial charge in [0.1, 0.15) is 5.75 Å². The highest BCUT2D eigenvalue weighted by Gasteiger charge is 2.13. The molecule has 0 aromatic heterocycles. The monoisotopic (exact) mass is 346 g/mol. The van der Waals surface area contributed by atoms with Crippen LogP contribution in [0.1, 0.15) is 5.56 Å². The lowest BCUT2D eigenvalue weighted by atomic mass is 10.2. The molecule has 0 unspecified atom stereocenters. The topological polar surface area (TPSA) is 81.5 Å². The quantitative estimate of drug-likeness (QED) is 0.449. The molecule has 6 nitrogen and oxygen atoms in total. The third-order valence-corrected chi connectivity index (χ3v) is 4.24. The number of nitro benzene ring substituents is 1. The molecule has 0 heterocycles. The highest BCUT2D eigenvalue weighted by Crippen LogP contribution is 2.28. The van der Waals surface area contributed by atoms with Gasteiger partial charge in [0.15, 0.2) is 0 Å². The van der Waals surface area contributed by atoms with Crippen LogP contribution in [0.3, 0.4) is 0 Å². The molecule has 126 valence electrons. The first-order valence-corrected chi connectivity index (χ1v) is 8.49. The molecule has 0 aliphatic rings. The highest BCUT2D eigenvalue weighted by molar-refractivity contribution is 7.99. The number of ether oxygens (including phenoxy) is 1. The van der Waals surface area contributed by atoms with E-state index in [4.69, 9.17) is 4.74 Å². The summed E-state index contributed by atoms with van der Waals surface area (Å²) in [5, 5.41) is 13.5. The fraction of sp³-hybridized carbons (Fsp3) is 0.235. The van der Waals surface area contributed by atoms with Crippen molar-refractivity contribution in [1.29, 1.82) is 0 Å². The third kappa shape index (κ3) is 5.27. The molecule has 7 heteroatoms. The maximum Gasteiger partial charge on any atom is 0.271 e. The smallest absolute Gasteiger partial charge is 0.271 e. The summed E-state index contributed by atoms with van der Waals surface area (Å²) < 4.78 is 5.12. The van der Waals surface area contributed by atoms with Crippen molar-refractivity contribution in [3.8, 4) is 5.75 Å². The van der Waals surface area contributed by atoms with Crippen LogP contribution in [0.15, 0.2) is 48.5 Å². The van der Waals surface area contributed by atoms with Gasteiger partial charge in [-0.1, -0.05) is 30.3 Å². The van der Waals surface area contributed by atoms with E-state index in [1.807, 2.05) is 18.2 Å². The standard InChI is InChI=1S/C17H18N2O4S/c1-23-16-8-7-14(19(21)22)11-15(16)18-17(20)12-24-10-9-13-5-3-2-4-6-13/h2-8,11H,9-10,12H2,1H3,(H,18,20). The van der Waals surface area contributed by atoms with E-state index in [9.17, 15) is 14.9 Å². The summed E-state index contributed by atoms with van der Waals surface area (Å²) in [5.74, 6) is 1.28. The maximum absolute atomic E-state index is 12.0. The summed E-state index contributed by atoms with van der Waals surface area (Å²) in [5.41, 5.74) is 1.44. The number of thioether (sulfide) groups is 1. The number of nitrogens with one attached hydrogen (secondary N) is 1. The van der Waals surface area contributed by atoms with Gasteiger partial charge >= 0.3 is 0 Å². The SMILES string of the molecule is COc1ccc([N+](=O)[O-])cc1NC(=O)CSCCc1ccccc1. The Labute approximate surface area is 144 Å². The molecule has 2 rings (SSSR count). The molecular formula is C17H18N2O4S. The molecule has 0 radical (unpaired) electrons. The molecule has 0 aliphatic heterocycles. The Kier molecular flexibility index (Phi) is 6.62. The zero-order valence-corrected chi connectivity index (χ0v) is 14.0. The molecule has 0 atom stereocenters. The largest absolute Gasteiger partial charge is 0.495 e. The van der Waals surface area contributed by atoms with E-state index in [-0.39, 0.29) is 17.3 Å². The molecule has 1 amide bonds. The minimum atomic E-state index is -0.510. The van der Waals surface area contributed by atoms with E-state index in [2.05, 4.69) is 17.4 Å². The van der Waals surface area contributed by atoms with Crippen molar-refractivity contribution >= 4 is 29.0 Å². The van der Waals surface area contributed by atoms with E-state index in [0.717, 1.165) is 12.2 Å². The molecule has 0 aliphatic carbocycles. The fourth-order valence-electron chi connectivity index (χ4n) is 2.09. The molecule has 0 saturated heterocycles. The first kappa shape index (κ1) is 17.8. The van der Waals surface area contributed by atoms with Crippen LogP contribution in [0.25, 0.3) is 0 Å². The Hall–Kier alpha value is -2.54. The third-order valence-electron chi connectivity index (χ3n) is 3.28. The second-order valence-corrected chi connectivity index (χ2v) is 6.08. The van der Waals surface area contributed by atoms with Crippen LogP contribution in [0.5, 0.6) is 5.75 Å². The van der Waals surface area contributed by atoms with Crippen molar-refractivity contribution in [2.75, 3.05) is 23.9 Å². The number of carbonyl (C=O) groups excluding carboxylic acids is 1. The molecule has 0 fully saturated rings. The second kappa shape index (κ2) is 8.93. The first-order valence-electron chi connectivity index (χ1n) is 7.34. The Morgan fingerprint density at radius 3 is 2.67 bits per heavy atom. The summed E-state index contributed by atoms with van der Waals surface area (Å²) >= 11 is 1.51. The van der Waals surface area contributed by atoms with Crippen molar-refractivity contribution < 1.29 is 14.5 Å². The van der Waals surface area contributed by atoms with Crippen molar-refractivity contribution in [1.82, 2.24) is 0 Å². The van der Waals surface area contributed by atoms with Crippen LogP contribution in [0, 0.1) is 10.1 Å². The number of nitro groups is 1. The zero-order chi connectivity index (χ0) is 17.4. The fourth-order valence-corrected chi connectivity index (χ4v) is 2.88.